The van der Waals surface area contributed by atoms with Gasteiger partial charge in [0.05, 0.1) is 29.2 Å². The van der Waals surface area contributed by atoms with E-state index in [0.717, 1.165) is 54.4 Å². The zero-order chi connectivity index (χ0) is 23.8. The topological polar surface area (TPSA) is 76.4 Å². The SMILES string of the molecule is CC(=O)N1CCc2nc(N3CCC(Oc4ccc(Cl)cc4Cl)CC3)c(-c3cnn(C)c3)nc2C1. The van der Waals surface area contributed by atoms with Crippen molar-refractivity contribution >= 4 is 34.9 Å². The number of fused-ring (bicyclic) bond motifs is 1. The standard InChI is InChI=1S/C24H26Cl2N6O2/c1-15(33)32-10-7-20-21(14-32)28-23(16-12-27-30(2)13-16)24(29-20)31-8-5-18(6-9-31)34-22-4-3-17(25)11-19(22)26/h3-4,11-13,18H,5-10,14H2,1-2H3. The lowest BCUT2D eigenvalue weighted by Crippen LogP contribution is -2.40. The third-order valence-electron chi connectivity index (χ3n) is 6.34. The lowest BCUT2D eigenvalue weighted by Gasteiger charge is -2.35. The van der Waals surface area contributed by atoms with Crippen LogP contribution in [-0.2, 0) is 24.8 Å². The van der Waals surface area contributed by atoms with E-state index in [-0.39, 0.29) is 12.0 Å². The van der Waals surface area contributed by atoms with Gasteiger partial charge in [0.15, 0.2) is 5.82 Å². The maximum Gasteiger partial charge on any atom is 0.219 e. The van der Waals surface area contributed by atoms with E-state index in [1.165, 1.54) is 0 Å². The lowest BCUT2D eigenvalue weighted by atomic mass is 10.1. The van der Waals surface area contributed by atoms with E-state index in [2.05, 4.69) is 10.00 Å². The van der Waals surface area contributed by atoms with Crippen molar-refractivity contribution < 1.29 is 9.53 Å². The summed E-state index contributed by atoms with van der Waals surface area (Å²) in [5, 5.41) is 5.44. The molecule has 1 saturated heterocycles. The summed E-state index contributed by atoms with van der Waals surface area (Å²) in [5.74, 6) is 1.58. The summed E-state index contributed by atoms with van der Waals surface area (Å²) >= 11 is 12.3. The molecule has 1 fully saturated rings. The van der Waals surface area contributed by atoms with Gasteiger partial charge in [-0.15, -0.1) is 0 Å². The Kier molecular flexibility index (Phi) is 6.36. The predicted molar refractivity (Wildman–Crippen MR) is 131 cm³/mol. The van der Waals surface area contributed by atoms with Gasteiger partial charge in [-0.3, -0.25) is 9.48 Å². The van der Waals surface area contributed by atoms with Crippen LogP contribution in [0.4, 0.5) is 5.82 Å². The molecule has 0 saturated carbocycles. The second kappa shape index (κ2) is 9.43. The van der Waals surface area contributed by atoms with Crippen molar-refractivity contribution in [2.24, 2.45) is 7.05 Å². The highest BCUT2D eigenvalue weighted by Crippen LogP contribution is 2.34. The number of benzene rings is 1. The highest BCUT2D eigenvalue weighted by Gasteiger charge is 2.28. The van der Waals surface area contributed by atoms with Gasteiger partial charge in [-0.05, 0) is 18.2 Å². The highest BCUT2D eigenvalue weighted by molar-refractivity contribution is 6.35. The second-order valence-corrected chi connectivity index (χ2v) is 9.61. The number of amides is 1. The number of hydrogen-bond donors (Lipinski definition) is 0. The van der Waals surface area contributed by atoms with Crippen LogP contribution in [0.3, 0.4) is 0 Å². The van der Waals surface area contributed by atoms with Crippen LogP contribution in [0.15, 0.2) is 30.6 Å². The number of halogens is 2. The minimum Gasteiger partial charge on any atom is -0.489 e. The van der Waals surface area contributed by atoms with Gasteiger partial charge in [0.1, 0.15) is 17.5 Å². The molecule has 2 aliphatic heterocycles. The Morgan fingerprint density at radius 2 is 1.91 bits per heavy atom. The van der Waals surface area contributed by atoms with E-state index in [0.29, 0.717) is 35.3 Å². The van der Waals surface area contributed by atoms with E-state index in [1.54, 1.807) is 23.7 Å². The third-order valence-corrected chi connectivity index (χ3v) is 6.87. The maximum absolute atomic E-state index is 11.9. The normalized spacial score (nSPS) is 16.5. The van der Waals surface area contributed by atoms with Crippen LogP contribution in [0, 0.1) is 0 Å². The molecule has 8 nitrogen and oxygen atoms in total. The molecule has 0 radical (unpaired) electrons. The van der Waals surface area contributed by atoms with E-state index in [4.69, 9.17) is 37.9 Å². The largest absolute Gasteiger partial charge is 0.489 e. The van der Waals surface area contributed by atoms with Crippen LogP contribution in [0.5, 0.6) is 5.75 Å². The summed E-state index contributed by atoms with van der Waals surface area (Å²) in [4.78, 5) is 26.1. The molecule has 0 unspecified atom stereocenters. The van der Waals surface area contributed by atoms with Crippen LogP contribution in [0.25, 0.3) is 11.3 Å². The number of anilines is 1. The molecule has 5 rings (SSSR count). The average Bonchev–Trinajstić information content (AvgIpc) is 3.26. The summed E-state index contributed by atoms with van der Waals surface area (Å²) in [7, 11) is 1.89. The second-order valence-electron chi connectivity index (χ2n) is 8.76. The van der Waals surface area contributed by atoms with Crippen molar-refractivity contribution in [1.29, 1.82) is 0 Å². The van der Waals surface area contributed by atoms with Gasteiger partial charge < -0.3 is 14.5 Å². The molecule has 3 aromatic rings. The van der Waals surface area contributed by atoms with Gasteiger partial charge in [0, 0.05) is 69.7 Å². The fraction of sp³-hybridized carbons (Fsp3) is 0.417. The third kappa shape index (κ3) is 4.70. The first-order valence-corrected chi connectivity index (χ1v) is 12.1. The van der Waals surface area contributed by atoms with Crippen molar-refractivity contribution in [1.82, 2.24) is 24.6 Å². The number of aryl methyl sites for hydroxylation is 1. The Bertz CT molecular complexity index is 1220. The zero-order valence-electron chi connectivity index (χ0n) is 19.2. The molecular formula is C24H26Cl2N6O2. The van der Waals surface area contributed by atoms with Gasteiger partial charge in [-0.25, -0.2) is 9.97 Å². The van der Waals surface area contributed by atoms with Gasteiger partial charge in [0.2, 0.25) is 5.91 Å². The van der Waals surface area contributed by atoms with Gasteiger partial charge >= 0.3 is 0 Å². The number of carbonyl (C=O) groups is 1. The van der Waals surface area contributed by atoms with Crippen LogP contribution in [-0.4, -0.2) is 56.3 Å². The molecule has 0 N–H and O–H groups in total. The molecule has 0 spiro atoms. The highest BCUT2D eigenvalue weighted by atomic mass is 35.5. The summed E-state index contributed by atoms with van der Waals surface area (Å²) < 4.78 is 7.93. The molecule has 0 bridgehead atoms. The summed E-state index contributed by atoms with van der Waals surface area (Å²) in [6.07, 6.45) is 6.20. The van der Waals surface area contributed by atoms with Crippen LogP contribution in [0.1, 0.15) is 31.2 Å². The number of piperidine rings is 1. The quantitative estimate of drug-likeness (QED) is 0.535. The Balaban J connectivity index is 1.38. The molecule has 1 aromatic carbocycles. The molecule has 34 heavy (non-hydrogen) atoms. The fourth-order valence-electron chi connectivity index (χ4n) is 4.48. The van der Waals surface area contributed by atoms with Crippen molar-refractivity contribution in [2.45, 2.75) is 38.8 Å². The molecule has 0 aliphatic carbocycles. The molecule has 4 heterocycles. The first kappa shape index (κ1) is 22.9. The van der Waals surface area contributed by atoms with Crippen molar-refractivity contribution in [3.05, 3.63) is 52.0 Å². The maximum atomic E-state index is 11.9. The van der Waals surface area contributed by atoms with Crippen LogP contribution >= 0.6 is 23.2 Å². The van der Waals surface area contributed by atoms with Gasteiger partial charge in [0.25, 0.3) is 0 Å². The molecule has 1 amide bonds. The fourth-order valence-corrected chi connectivity index (χ4v) is 4.94. The molecule has 10 heteroatoms. The van der Waals surface area contributed by atoms with Gasteiger partial charge in [-0.2, -0.15) is 5.10 Å². The number of nitrogens with zero attached hydrogens (tertiary/aromatic N) is 6. The summed E-state index contributed by atoms with van der Waals surface area (Å²) in [6.45, 7) is 4.33. The number of ether oxygens (including phenoxy) is 1. The smallest absolute Gasteiger partial charge is 0.219 e. The Morgan fingerprint density at radius 1 is 1.12 bits per heavy atom. The molecule has 0 atom stereocenters. The average molecular weight is 501 g/mol. The Morgan fingerprint density at radius 3 is 2.59 bits per heavy atom. The number of carbonyl (C=O) groups excluding carboxylic acids is 1. The summed E-state index contributed by atoms with van der Waals surface area (Å²) in [5.41, 5.74) is 3.54. The van der Waals surface area contributed by atoms with Crippen molar-refractivity contribution in [3.63, 3.8) is 0 Å². The molecule has 178 valence electrons. The number of rotatable bonds is 4. The van der Waals surface area contributed by atoms with Crippen LogP contribution < -0.4 is 9.64 Å². The number of aromatic nitrogens is 4. The lowest BCUT2D eigenvalue weighted by molar-refractivity contribution is -0.129. The molecular weight excluding hydrogens is 475 g/mol. The minimum atomic E-state index is 0.0577. The Hall–Kier alpha value is -2.84. The Labute approximate surface area is 208 Å². The predicted octanol–water partition coefficient (Wildman–Crippen LogP) is 4.14. The molecule has 2 aromatic heterocycles. The number of hydrogen-bond acceptors (Lipinski definition) is 6. The van der Waals surface area contributed by atoms with E-state index >= 15 is 0 Å². The first-order chi connectivity index (χ1) is 16.4. The molecule has 2 aliphatic rings. The van der Waals surface area contributed by atoms with Gasteiger partial charge in [-0.1, -0.05) is 23.2 Å². The summed E-state index contributed by atoms with van der Waals surface area (Å²) in [6, 6.07) is 5.30. The zero-order valence-corrected chi connectivity index (χ0v) is 20.7. The van der Waals surface area contributed by atoms with E-state index in [1.807, 2.05) is 30.4 Å². The van der Waals surface area contributed by atoms with Crippen LogP contribution in [0.2, 0.25) is 10.0 Å². The first-order valence-electron chi connectivity index (χ1n) is 11.4. The van der Waals surface area contributed by atoms with E-state index < -0.39 is 0 Å². The van der Waals surface area contributed by atoms with Crippen molar-refractivity contribution in [2.75, 3.05) is 24.5 Å². The van der Waals surface area contributed by atoms with E-state index in [9.17, 15) is 4.79 Å². The van der Waals surface area contributed by atoms with Crippen molar-refractivity contribution in [3.8, 4) is 17.0 Å². The monoisotopic (exact) mass is 500 g/mol. The minimum absolute atomic E-state index is 0.0577.